The van der Waals surface area contributed by atoms with Gasteiger partial charge in [-0.25, -0.2) is 0 Å². The van der Waals surface area contributed by atoms with Crippen LogP contribution in [0.4, 0.5) is 0 Å². The van der Waals surface area contributed by atoms with E-state index in [9.17, 15) is 9.59 Å². The van der Waals surface area contributed by atoms with Gasteiger partial charge in [0.25, 0.3) is 0 Å². The monoisotopic (exact) mass is 332 g/mol. The SMILES string of the molecule is CCc1ccc([C@H]2CCCCCN2C(=O)CCN2CCCC2=O)o1. The van der Waals surface area contributed by atoms with Gasteiger partial charge in [-0.1, -0.05) is 19.8 Å². The molecule has 0 bridgehead atoms. The Morgan fingerprint density at radius 3 is 2.79 bits per heavy atom. The highest BCUT2D eigenvalue weighted by atomic mass is 16.3. The zero-order chi connectivity index (χ0) is 16.9. The third-order valence-electron chi connectivity index (χ3n) is 5.20. The van der Waals surface area contributed by atoms with Crippen molar-refractivity contribution < 1.29 is 14.0 Å². The summed E-state index contributed by atoms with van der Waals surface area (Å²) in [6.07, 6.45) is 7.14. The minimum atomic E-state index is 0.0505. The molecule has 0 aliphatic carbocycles. The van der Waals surface area contributed by atoms with Crippen LogP contribution in [-0.2, 0) is 16.0 Å². The molecule has 2 aliphatic rings. The summed E-state index contributed by atoms with van der Waals surface area (Å²) in [5.74, 6) is 2.23. The van der Waals surface area contributed by atoms with Gasteiger partial charge < -0.3 is 14.2 Å². The number of hydrogen-bond donors (Lipinski definition) is 0. The summed E-state index contributed by atoms with van der Waals surface area (Å²) in [7, 11) is 0. The highest BCUT2D eigenvalue weighted by molar-refractivity contribution is 5.80. The van der Waals surface area contributed by atoms with Crippen molar-refractivity contribution >= 4 is 11.8 Å². The van der Waals surface area contributed by atoms with Crippen LogP contribution < -0.4 is 0 Å². The van der Waals surface area contributed by atoms with Crippen LogP contribution in [0.5, 0.6) is 0 Å². The standard InChI is InChI=1S/C19H28N2O3/c1-2-15-9-10-17(24-15)16-7-4-3-5-13-21(16)19(23)11-14-20-12-6-8-18(20)22/h9-10,16H,2-8,11-14H2,1H3/t16-/m1/s1. The molecule has 3 rings (SSSR count). The van der Waals surface area contributed by atoms with Crippen molar-refractivity contribution in [3.63, 3.8) is 0 Å². The lowest BCUT2D eigenvalue weighted by molar-refractivity contribution is -0.135. The van der Waals surface area contributed by atoms with Crippen LogP contribution in [0.15, 0.2) is 16.5 Å². The van der Waals surface area contributed by atoms with Crippen molar-refractivity contribution in [1.29, 1.82) is 0 Å². The van der Waals surface area contributed by atoms with Gasteiger partial charge in [-0.15, -0.1) is 0 Å². The van der Waals surface area contributed by atoms with E-state index in [1.54, 1.807) is 0 Å². The number of hydrogen-bond acceptors (Lipinski definition) is 3. The molecule has 2 amide bonds. The minimum absolute atomic E-state index is 0.0505. The summed E-state index contributed by atoms with van der Waals surface area (Å²) in [4.78, 5) is 28.4. The van der Waals surface area contributed by atoms with Crippen LogP contribution in [0.1, 0.15) is 69.4 Å². The van der Waals surface area contributed by atoms with Crippen LogP contribution in [-0.4, -0.2) is 41.2 Å². The van der Waals surface area contributed by atoms with Gasteiger partial charge in [-0.3, -0.25) is 9.59 Å². The normalized spacial score (nSPS) is 22.0. The number of aryl methyl sites for hydroxylation is 1. The van der Waals surface area contributed by atoms with Crippen molar-refractivity contribution in [2.45, 2.75) is 64.3 Å². The molecule has 5 nitrogen and oxygen atoms in total. The maximum atomic E-state index is 12.8. The van der Waals surface area contributed by atoms with Crippen molar-refractivity contribution in [2.75, 3.05) is 19.6 Å². The third-order valence-corrected chi connectivity index (χ3v) is 5.20. The lowest BCUT2D eigenvalue weighted by Crippen LogP contribution is -2.37. The molecule has 0 spiro atoms. The van der Waals surface area contributed by atoms with E-state index in [2.05, 4.69) is 6.92 Å². The summed E-state index contributed by atoms with van der Waals surface area (Å²) in [6, 6.07) is 4.10. The minimum Gasteiger partial charge on any atom is -0.464 e. The van der Waals surface area contributed by atoms with E-state index in [1.165, 1.54) is 0 Å². The lowest BCUT2D eigenvalue weighted by Gasteiger charge is -2.29. The van der Waals surface area contributed by atoms with E-state index < -0.39 is 0 Å². The van der Waals surface area contributed by atoms with Crippen molar-refractivity contribution in [2.24, 2.45) is 0 Å². The number of nitrogens with zero attached hydrogens (tertiary/aromatic N) is 2. The average Bonchev–Trinajstić information content (AvgIpc) is 3.15. The molecule has 1 atom stereocenters. The summed E-state index contributed by atoms with van der Waals surface area (Å²) < 4.78 is 5.94. The molecule has 1 aromatic rings. The van der Waals surface area contributed by atoms with E-state index in [-0.39, 0.29) is 17.9 Å². The molecule has 5 heteroatoms. The number of rotatable bonds is 5. The summed E-state index contributed by atoms with van der Waals surface area (Å²) in [6.45, 7) is 4.22. The van der Waals surface area contributed by atoms with E-state index >= 15 is 0 Å². The topological polar surface area (TPSA) is 53.8 Å². The molecule has 0 N–H and O–H groups in total. The van der Waals surface area contributed by atoms with Crippen LogP contribution in [0.2, 0.25) is 0 Å². The second-order valence-corrected chi connectivity index (χ2v) is 6.84. The maximum Gasteiger partial charge on any atom is 0.224 e. The van der Waals surface area contributed by atoms with Gasteiger partial charge in [0.15, 0.2) is 0 Å². The Bertz CT molecular complexity index is 581. The van der Waals surface area contributed by atoms with E-state index in [0.29, 0.717) is 19.4 Å². The predicted molar refractivity (Wildman–Crippen MR) is 91.4 cm³/mol. The van der Waals surface area contributed by atoms with Gasteiger partial charge in [0.2, 0.25) is 11.8 Å². The second-order valence-electron chi connectivity index (χ2n) is 6.84. The first kappa shape index (κ1) is 17.1. The van der Waals surface area contributed by atoms with Gasteiger partial charge in [-0.05, 0) is 31.4 Å². The fraction of sp³-hybridized carbons (Fsp3) is 0.684. The Balaban J connectivity index is 1.67. The second kappa shape index (κ2) is 7.86. The molecule has 2 saturated heterocycles. The summed E-state index contributed by atoms with van der Waals surface area (Å²) in [5, 5.41) is 0. The number of carbonyl (C=O) groups excluding carboxylic acids is 2. The van der Waals surface area contributed by atoms with Gasteiger partial charge >= 0.3 is 0 Å². The molecule has 2 aliphatic heterocycles. The molecule has 1 aromatic heterocycles. The van der Waals surface area contributed by atoms with Gasteiger partial charge in [0.05, 0.1) is 6.04 Å². The predicted octanol–water partition coefficient (Wildman–Crippen LogP) is 3.30. The van der Waals surface area contributed by atoms with E-state index in [4.69, 9.17) is 4.42 Å². The molecule has 132 valence electrons. The fourth-order valence-corrected chi connectivity index (χ4v) is 3.78. The Kier molecular flexibility index (Phi) is 5.59. The Morgan fingerprint density at radius 1 is 1.21 bits per heavy atom. The van der Waals surface area contributed by atoms with E-state index in [0.717, 1.165) is 63.1 Å². The highest BCUT2D eigenvalue weighted by Crippen LogP contribution is 2.32. The maximum absolute atomic E-state index is 12.8. The number of carbonyl (C=O) groups is 2. The molecule has 0 saturated carbocycles. The summed E-state index contributed by atoms with van der Waals surface area (Å²) in [5.41, 5.74) is 0. The molecule has 24 heavy (non-hydrogen) atoms. The quantitative estimate of drug-likeness (QED) is 0.831. The largest absolute Gasteiger partial charge is 0.464 e. The first-order valence-corrected chi connectivity index (χ1v) is 9.35. The molecule has 0 unspecified atom stereocenters. The first-order chi connectivity index (χ1) is 11.7. The average molecular weight is 332 g/mol. The third kappa shape index (κ3) is 3.82. The van der Waals surface area contributed by atoms with E-state index in [1.807, 2.05) is 21.9 Å². The Hall–Kier alpha value is -1.78. The number of furan rings is 1. The van der Waals surface area contributed by atoms with Crippen molar-refractivity contribution in [3.05, 3.63) is 23.7 Å². The fourth-order valence-electron chi connectivity index (χ4n) is 3.78. The molecule has 0 radical (unpaired) electrons. The van der Waals surface area contributed by atoms with Gasteiger partial charge in [-0.2, -0.15) is 0 Å². The van der Waals surface area contributed by atoms with Gasteiger partial charge in [0, 0.05) is 38.9 Å². The smallest absolute Gasteiger partial charge is 0.224 e. The highest BCUT2D eigenvalue weighted by Gasteiger charge is 2.29. The zero-order valence-corrected chi connectivity index (χ0v) is 14.6. The van der Waals surface area contributed by atoms with Gasteiger partial charge in [0.1, 0.15) is 11.5 Å². The van der Waals surface area contributed by atoms with Crippen LogP contribution in [0.3, 0.4) is 0 Å². The molecule has 2 fully saturated rings. The van der Waals surface area contributed by atoms with Crippen LogP contribution >= 0.6 is 0 Å². The molecular formula is C19H28N2O3. The summed E-state index contributed by atoms with van der Waals surface area (Å²) >= 11 is 0. The number of likely N-dealkylation sites (tertiary alicyclic amines) is 2. The van der Waals surface area contributed by atoms with Crippen molar-refractivity contribution in [1.82, 2.24) is 9.80 Å². The first-order valence-electron chi connectivity index (χ1n) is 9.35. The van der Waals surface area contributed by atoms with Crippen LogP contribution in [0.25, 0.3) is 0 Å². The molecular weight excluding hydrogens is 304 g/mol. The zero-order valence-electron chi connectivity index (χ0n) is 14.6. The molecule has 3 heterocycles. The molecule has 0 aromatic carbocycles. The van der Waals surface area contributed by atoms with Crippen molar-refractivity contribution in [3.8, 4) is 0 Å². The lowest BCUT2D eigenvalue weighted by atomic mass is 10.1. The van der Waals surface area contributed by atoms with Crippen LogP contribution in [0, 0.1) is 0 Å². The Labute approximate surface area is 144 Å². The Morgan fingerprint density at radius 2 is 2.08 bits per heavy atom. The number of amides is 2.